The standard InChI is InChI=1S/C20H16ClN5O3/c1-27-13-8-6-12(7-9-13)17-10-26-16(11-28-17)18(23-25-26)19-22-20(29-24-19)14-4-2-3-5-15(14)21/h2-9,17H,10-11H2,1H3. The minimum atomic E-state index is -0.119. The Bertz CT molecular complexity index is 1160. The Balaban J connectivity index is 1.40. The summed E-state index contributed by atoms with van der Waals surface area (Å²) in [7, 11) is 1.64. The van der Waals surface area contributed by atoms with Crippen molar-refractivity contribution in [2.75, 3.05) is 7.11 Å². The number of halogens is 1. The van der Waals surface area contributed by atoms with Gasteiger partial charge in [0.15, 0.2) is 5.69 Å². The molecule has 0 saturated carbocycles. The van der Waals surface area contributed by atoms with Crippen molar-refractivity contribution < 1.29 is 14.0 Å². The van der Waals surface area contributed by atoms with E-state index in [-0.39, 0.29) is 6.10 Å². The summed E-state index contributed by atoms with van der Waals surface area (Å²) < 4.78 is 18.5. The fourth-order valence-electron chi connectivity index (χ4n) is 3.27. The second-order valence-corrected chi connectivity index (χ2v) is 6.95. The van der Waals surface area contributed by atoms with E-state index in [1.54, 1.807) is 13.2 Å². The first kappa shape index (κ1) is 17.8. The highest BCUT2D eigenvalue weighted by Gasteiger charge is 2.27. The highest BCUT2D eigenvalue weighted by atomic mass is 35.5. The molecule has 0 saturated heterocycles. The Morgan fingerprint density at radius 2 is 1.97 bits per heavy atom. The van der Waals surface area contributed by atoms with Crippen molar-refractivity contribution in [1.29, 1.82) is 0 Å². The van der Waals surface area contributed by atoms with Gasteiger partial charge in [-0.1, -0.05) is 46.2 Å². The van der Waals surface area contributed by atoms with Gasteiger partial charge in [-0.3, -0.25) is 0 Å². The second kappa shape index (κ2) is 7.31. The SMILES string of the molecule is COc1ccc(C2Cn3nnc(-c4noc(-c5ccccc5Cl)n4)c3CO2)cc1. The van der Waals surface area contributed by atoms with Gasteiger partial charge in [-0.2, -0.15) is 4.98 Å². The molecule has 1 atom stereocenters. The molecule has 2 aromatic carbocycles. The summed E-state index contributed by atoms with van der Waals surface area (Å²) in [6, 6.07) is 15.1. The highest BCUT2D eigenvalue weighted by Crippen LogP contribution is 2.32. The van der Waals surface area contributed by atoms with Crippen LogP contribution in [0.1, 0.15) is 17.4 Å². The van der Waals surface area contributed by atoms with Gasteiger partial charge in [-0.15, -0.1) is 5.10 Å². The van der Waals surface area contributed by atoms with Crippen LogP contribution in [-0.4, -0.2) is 32.2 Å². The maximum absolute atomic E-state index is 6.21. The van der Waals surface area contributed by atoms with Gasteiger partial charge < -0.3 is 14.0 Å². The number of rotatable bonds is 4. The van der Waals surface area contributed by atoms with Crippen molar-refractivity contribution in [1.82, 2.24) is 25.1 Å². The molecule has 0 N–H and O–H groups in total. The van der Waals surface area contributed by atoms with Crippen LogP contribution in [0, 0.1) is 0 Å². The Hall–Kier alpha value is -3.23. The molecule has 0 radical (unpaired) electrons. The lowest BCUT2D eigenvalue weighted by molar-refractivity contribution is -0.00114. The van der Waals surface area contributed by atoms with Gasteiger partial charge in [0.25, 0.3) is 5.89 Å². The first-order chi connectivity index (χ1) is 14.2. The van der Waals surface area contributed by atoms with E-state index in [0.717, 1.165) is 17.0 Å². The van der Waals surface area contributed by atoms with E-state index in [1.165, 1.54) is 0 Å². The van der Waals surface area contributed by atoms with E-state index < -0.39 is 0 Å². The van der Waals surface area contributed by atoms with Crippen molar-refractivity contribution in [3.8, 4) is 28.7 Å². The summed E-state index contributed by atoms with van der Waals surface area (Å²) in [5.41, 5.74) is 3.07. The average molecular weight is 410 g/mol. The molecular formula is C20H16ClN5O3. The van der Waals surface area contributed by atoms with Crippen LogP contribution in [0.15, 0.2) is 53.1 Å². The summed E-state index contributed by atoms with van der Waals surface area (Å²) in [6.07, 6.45) is -0.119. The fraction of sp³-hybridized carbons (Fsp3) is 0.200. The summed E-state index contributed by atoms with van der Waals surface area (Å²) >= 11 is 6.21. The molecular weight excluding hydrogens is 394 g/mol. The van der Waals surface area contributed by atoms with Crippen LogP contribution in [0.4, 0.5) is 0 Å². The third-order valence-corrected chi connectivity index (χ3v) is 5.16. The molecule has 0 bridgehead atoms. The Morgan fingerprint density at radius 3 is 2.76 bits per heavy atom. The quantitative estimate of drug-likeness (QED) is 0.504. The molecule has 9 heteroatoms. The van der Waals surface area contributed by atoms with Crippen LogP contribution < -0.4 is 4.74 Å². The number of nitrogens with zero attached hydrogens (tertiary/aromatic N) is 5. The first-order valence-electron chi connectivity index (χ1n) is 9.00. The molecule has 0 spiro atoms. The molecule has 1 unspecified atom stereocenters. The van der Waals surface area contributed by atoms with Crippen LogP contribution in [0.25, 0.3) is 23.0 Å². The Labute approximate surface area is 171 Å². The van der Waals surface area contributed by atoms with Gasteiger partial charge in [0.1, 0.15) is 11.9 Å². The average Bonchev–Trinajstić information content (AvgIpc) is 3.40. The number of ether oxygens (including phenoxy) is 2. The van der Waals surface area contributed by atoms with Gasteiger partial charge >= 0.3 is 0 Å². The highest BCUT2D eigenvalue weighted by molar-refractivity contribution is 6.33. The molecule has 146 valence electrons. The molecule has 0 fully saturated rings. The third-order valence-electron chi connectivity index (χ3n) is 4.83. The van der Waals surface area contributed by atoms with Gasteiger partial charge in [-0.05, 0) is 29.8 Å². The number of fused-ring (bicyclic) bond motifs is 1. The van der Waals surface area contributed by atoms with Crippen molar-refractivity contribution in [2.45, 2.75) is 19.3 Å². The molecule has 3 heterocycles. The van der Waals surface area contributed by atoms with Gasteiger partial charge in [0.05, 0.1) is 36.5 Å². The Morgan fingerprint density at radius 1 is 1.14 bits per heavy atom. The van der Waals surface area contributed by atoms with E-state index in [9.17, 15) is 0 Å². The zero-order chi connectivity index (χ0) is 19.8. The number of hydrogen-bond acceptors (Lipinski definition) is 7. The maximum atomic E-state index is 6.21. The van der Waals surface area contributed by atoms with Crippen LogP contribution in [0.5, 0.6) is 5.75 Å². The molecule has 4 aromatic rings. The molecule has 5 rings (SSSR count). The molecule has 1 aliphatic rings. The van der Waals surface area contributed by atoms with Crippen LogP contribution in [0.2, 0.25) is 5.02 Å². The number of benzene rings is 2. The summed E-state index contributed by atoms with van der Waals surface area (Å²) in [5.74, 6) is 1.49. The van der Waals surface area contributed by atoms with Crippen molar-refractivity contribution in [3.05, 3.63) is 64.8 Å². The topological polar surface area (TPSA) is 88.1 Å². The van der Waals surface area contributed by atoms with E-state index in [1.807, 2.05) is 47.1 Å². The van der Waals surface area contributed by atoms with Crippen LogP contribution >= 0.6 is 11.6 Å². The lowest BCUT2D eigenvalue weighted by Crippen LogP contribution is -2.22. The van der Waals surface area contributed by atoms with E-state index >= 15 is 0 Å². The molecule has 29 heavy (non-hydrogen) atoms. The van der Waals surface area contributed by atoms with Crippen LogP contribution in [0.3, 0.4) is 0 Å². The second-order valence-electron chi connectivity index (χ2n) is 6.54. The minimum Gasteiger partial charge on any atom is -0.497 e. The zero-order valence-corrected chi connectivity index (χ0v) is 16.2. The van der Waals surface area contributed by atoms with E-state index in [4.69, 9.17) is 25.6 Å². The summed E-state index contributed by atoms with van der Waals surface area (Å²) in [5, 5.41) is 13.1. The van der Waals surface area contributed by atoms with Gasteiger partial charge in [0.2, 0.25) is 5.82 Å². The lowest BCUT2D eigenvalue weighted by Gasteiger charge is -2.24. The predicted molar refractivity (Wildman–Crippen MR) is 104 cm³/mol. The summed E-state index contributed by atoms with van der Waals surface area (Å²) in [6.45, 7) is 0.888. The smallest absolute Gasteiger partial charge is 0.259 e. The minimum absolute atomic E-state index is 0.119. The molecule has 2 aromatic heterocycles. The maximum Gasteiger partial charge on any atom is 0.259 e. The Kier molecular flexibility index (Phi) is 4.49. The third kappa shape index (κ3) is 3.26. The van der Waals surface area contributed by atoms with Gasteiger partial charge in [0, 0.05) is 0 Å². The molecule has 1 aliphatic heterocycles. The van der Waals surface area contributed by atoms with E-state index in [0.29, 0.717) is 41.1 Å². The predicted octanol–water partition coefficient (Wildman–Crippen LogP) is 3.93. The van der Waals surface area contributed by atoms with Crippen molar-refractivity contribution in [3.63, 3.8) is 0 Å². The first-order valence-corrected chi connectivity index (χ1v) is 9.37. The number of aromatic nitrogens is 5. The normalized spacial score (nSPS) is 15.9. The summed E-state index contributed by atoms with van der Waals surface area (Å²) in [4.78, 5) is 4.44. The van der Waals surface area contributed by atoms with E-state index in [2.05, 4.69) is 20.5 Å². The largest absolute Gasteiger partial charge is 0.497 e. The molecule has 0 aliphatic carbocycles. The van der Waals surface area contributed by atoms with Crippen molar-refractivity contribution in [2.24, 2.45) is 0 Å². The molecule has 8 nitrogen and oxygen atoms in total. The van der Waals surface area contributed by atoms with Crippen LogP contribution in [-0.2, 0) is 17.9 Å². The monoisotopic (exact) mass is 409 g/mol. The zero-order valence-electron chi connectivity index (χ0n) is 15.4. The van der Waals surface area contributed by atoms with Crippen molar-refractivity contribution >= 4 is 11.6 Å². The molecule has 0 amide bonds. The van der Waals surface area contributed by atoms with Gasteiger partial charge in [-0.25, -0.2) is 4.68 Å². The number of hydrogen-bond donors (Lipinski definition) is 0. The number of methoxy groups -OCH3 is 1. The fourth-order valence-corrected chi connectivity index (χ4v) is 3.49. The lowest BCUT2D eigenvalue weighted by atomic mass is 10.1.